The Bertz CT molecular complexity index is 1060. The normalized spacial score (nSPS) is 12.0. The van der Waals surface area contributed by atoms with Crippen molar-refractivity contribution in [3.8, 4) is 11.5 Å². The number of phenolic OH excluding ortho intramolecular Hbond substituents is 1. The predicted octanol–water partition coefficient (Wildman–Crippen LogP) is 5.77. The van der Waals surface area contributed by atoms with Gasteiger partial charge in [0.15, 0.2) is 5.78 Å². The zero-order valence-corrected chi connectivity index (χ0v) is 19.3. The van der Waals surface area contributed by atoms with Gasteiger partial charge in [0.2, 0.25) is 0 Å². The van der Waals surface area contributed by atoms with Crippen molar-refractivity contribution in [1.82, 2.24) is 0 Å². The minimum atomic E-state index is -4.98. The van der Waals surface area contributed by atoms with E-state index < -0.39 is 64.6 Å². The highest BCUT2D eigenvalue weighted by Crippen LogP contribution is 2.44. The van der Waals surface area contributed by atoms with Gasteiger partial charge in [0.25, 0.3) is 0 Å². The Morgan fingerprint density at radius 3 is 2.29 bits per heavy atom. The highest BCUT2D eigenvalue weighted by atomic mass is 19.4. The summed E-state index contributed by atoms with van der Waals surface area (Å²) in [4.78, 5) is 23.1. The molecule has 2 rings (SSSR count). The van der Waals surface area contributed by atoms with Crippen LogP contribution in [-0.2, 0) is 23.9 Å². The quantitative estimate of drug-likeness (QED) is 0.347. The van der Waals surface area contributed by atoms with Crippen LogP contribution in [0.15, 0.2) is 30.3 Å². The molecule has 0 heterocycles. The predicted molar refractivity (Wildman–Crippen MR) is 116 cm³/mol. The van der Waals surface area contributed by atoms with Crippen molar-refractivity contribution in [3.05, 3.63) is 58.4 Å². The van der Waals surface area contributed by atoms with E-state index in [0.717, 1.165) is 18.2 Å². The van der Waals surface area contributed by atoms with Crippen molar-refractivity contribution in [3.63, 3.8) is 0 Å². The number of ketones is 1. The van der Waals surface area contributed by atoms with Gasteiger partial charge in [-0.05, 0) is 56.0 Å². The van der Waals surface area contributed by atoms with Crippen LogP contribution in [0.2, 0.25) is 0 Å². The molecule has 0 aliphatic rings. The van der Waals surface area contributed by atoms with Crippen LogP contribution in [0.25, 0.3) is 0 Å². The Hall–Kier alpha value is -3.30. The van der Waals surface area contributed by atoms with Crippen molar-refractivity contribution >= 4 is 11.9 Å². The average Bonchev–Trinajstić information content (AvgIpc) is 2.69. The lowest BCUT2D eigenvalue weighted by molar-refractivity contribution is -0.140. The fraction of sp³-hybridized carbons (Fsp3) is 0.417. The van der Waals surface area contributed by atoms with Gasteiger partial charge in [-0.25, -0.2) is 9.18 Å². The summed E-state index contributed by atoms with van der Waals surface area (Å²) in [5.41, 5.74) is 2.76. The Kier molecular flexibility index (Phi) is 8.18. The van der Waals surface area contributed by atoms with Crippen molar-refractivity contribution in [2.45, 2.75) is 58.9 Å². The molecule has 0 fully saturated rings. The number of halogens is 4. The minimum absolute atomic E-state index is 0.227. The summed E-state index contributed by atoms with van der Waals surface area (Å²) in [6.07, 6.45) is -5.41. The lowest BCUT2D eigenvalue weighted by atomic mass is 9.97. The Labute approximate surface area is 194 Å². The van der Waals surface area contributed by atoms with E-state index in [9.17, 15) is 32.3 Å². The van der Waals surface area contributed by atoms with Gasteiger partial charge in [-0.15, -0.1) is 0 Å². The number of alkyl halides is 3. The number of Topliss-reactive ketones (excluding diaryl/α,β-unsaturated/α-hetero) is 1. The molecule has 0 unspecified atom stereocenters. The van der Waals surface area contributed by atoms with Crippen LogP contribution in [0, 0.1) is 11.7 Å². The van der Waals surface area contributed by atoms with E-state index in [2.05, 4.69) is 0 Å². The van der Waals surface area contributed by atoms with Crippen LogP contribution in [-0.4, -0.2) is 22.6 Å². The third-order valence-electron chi connectivity index (χ3n) is 5.10. The number of ether oxygens (including phenoxy) is 2. The molecule has 3 N–H and O–H groups in total. The van der Waals surface area contributed by atoms with Crippen LogP contribution in [0.1, 0.15) is 61.2 Å². The second-order valence-corrected chi connectivity index (χ2v) is 8.75. The van der Waals surface area contributed by atoms with Crippen LogP contribution in [0.4, 0.5) is 22.4 Å². The molecule has 2 aromatic rings. The standard InChI is InChI=1S/C24H27F4NO5/c1-13(2)20(30)16-7-8-18(19(21(16)31)24(26,27)28)33-12-14-5-6-15(17(25)11-14)9-10-23(3,4)34-22(29)32/h5-8,11,13,31H,9-10,12H2,1-4H3,(H2,29,32). The molecule has 10 heteroatoms. The third kappa shape index (κ3) is 6.85. The molecular weight excluding hydrogens is 458 g/mol. The van der Waals surface area contributed by atoms with Gasteiger partial charge >= 0.3 is 12.3 Å². The SMILES string of the molecule is CC(C)C(=O)c1ccc(OCc2ccc(CCC(C)(C)OC(N)=O)c(F)c2)c(C(F)(F)F)c1O. The summed E-state index contributed by atoms with van der Waals surface area (Å²) < 4.78 is 65.5. The van der Waals surface area contributed by atoms with Crippen LogP contribution >= 0.6 is 0 Å². The van der Waals surface area contributed by atoms with Gasteiger partial charge in [-0.3, -0.25) is 4.79 Å². The molecule has 0 aliphatic carbocycles. The summed E-state index contributed by atoms with van der Waals surface area (Å²) in [6.45, 7) is 5.86. The van der Waals surface area contributed by atoms with Crippen LogP contribution in [0.5, 0.6) is 11.5 Å². The first-order valence-electron chi connectivity index (χ1n) is 10.5. The molecule has 0 aromatic heterocycles. The van der Waals surface area contributed by atoms with Gasteiger partial charge in [0, 0.05) is 5.92 Å². The summed E-state index contributed by atoms with van der Waals surface area (Å²) >= 11 is 0. The van der Waals surface area contributed by atoms with Crippen molar-refractivity contribution in [2.75, 3.05) is 0 Å². The smallest absolute Gasteiger partial charge is 0.423 e. The number of carbonyl (C=O) groups excluding carboxylic acids is 2. The Balaban J connectivity index is 2.20. The molecule has 6 nitrogen and oxygen atoms in total. The number of carbonyl (C=O) groups is 2. The monoisotopic (exact) mass is 485 g/mol. The fourth-order valence-corrected chi connectivity index (χ4v) is 3.28. The zero-order valence-electron chi connectivity index (χ0n) is 19.3. The van der Waals surface area contributed by atoms with Gasteiger partial charge < -0.3 is 20.3 Å². The number of benzene rings is 2. The molecular formula is C24H27F4NO5. The van der Waals surface area contributed by atoms with E-state index in [-0.39, 0.29) is 12.0 Å². The molecule has 0 aliphatic heterocycles. The summed E-state index contributed by atoms with van der Waals surface area (Å²) in [5.74, 6) is -3.75. The maximum absolute atomic E-state index is 14.5. The maximum atomic E-state index is 14.5. The van der Waals surface area contributed by atoms with Crippen molar-refractivity contribution in [2.24, 2.45) is 11.7 Å². The number of hydrogen-bond donors (Lipinski definition) is 2. The highest BCUT2D eigenvalue weighted by molar-refractivity contribution is 6.00. The van der Waals surface area contributed by atoms with Crippen molar-refractivity contribution in [1.29, 1.82) is 0 Å². The first kappa shape index (κ1) is 26.9. The van der Waals surface area contributed by atoms with Gasteiger partial charge in [0.05, 0.1) is 5.56 Å². The number of phenols is 1. The molecule has 34 heavy (non-hydrogen) atoms. The molecule has 186 valence electrons. The average molecular weight is 485 g/mol. The third-order valence-corrected chi connectivity index (χ3v) is 5.10. The van der Waals surface area contributed by atoms with Crippen LogP contribution in [0.3, 0.4) is 0 Å². The molecule has 0 radical (unpaired) electrons. The summed E-state index contributed by atoms with van der Waals surface area (Å²) in [7, 11) is 0. The first-order chi connectivity index (χ1) is 15.6. The van der Waals surface area contributed by atoms with E-state index in [1.165, 1.54) is 26.0 Å². The highest BCUT2D eigenvalue weighted by Gasteiger charge is 2.40. The van der Waals surface area contributed by atoms with E-state index >= 15 is 0 Å². The van der Waals surface area contributed by atoms with E-state index in [1.54, 1.807) is 13.8 Å². The number of rotatable bonds is 9. The topological polar surface area (TPSA) is 98.9 Å². The molecule has 0 saturated carbocycles. The molecule has 0 spiro atoms. The molecule has 1 amide bonds. The van der Waals surface area contributed by atoms with E-state index in [0.29, 0.717) is 12.0 Å². The number of aryl methyl sites for hydroxylation is 1. The Morgan fingerprint density at radius 2 is 1.76 bits per heavy atom. The second-order valence-electron chi connectivity index (χ2n) is 8.75. The zero-order chi connectivity index (χ0) is 25.8. The first-order valence-corrected chi connectivity index (χ1v) is 10.5. The largest absolute Gasteiger partial charge is 0.506 e. The number of aromatic hydroxyl groups is 1. The number of primary amides is 1. The fourth-order valence-electron chi connectivity index (χ4n) is 3.28. The number of hydrogen-bond acceptors (Lipinski definition) is 5. The number of amides is 1. The van der Waals surface area contributed by atoms with Gasteiger partial charge in [0.1, 0.15) is 35.1 Å². The summed E-state index contributed by atoms with van der Waals surface area (Å²) in [6, 6.07) is 6.11. The van der Waals surface area contributed by atoms with Crippen LogP contribution < -0.4 is 10.5 Å². The van der Waals surface area contributed by atoms with Crippen molar-refractivity contribution < 1.29 is 41.7 Å². The van der Waals surface area contributed by atoms with Gasteiger partial charge in [-0.1, -0.05) is 26.0 Å². The lowest BCUT2D eigenvalue weighted by Gasteiger charge is -2.24. The summed E-state index contributed by atoms with van der Waals surface area (Å²) in [5, 5.41) is 10.2. The molecule has 0 saturated heterocycles. The Morgan fingerprint density at radius 1 is 1.12 bits per heavy atom. The lowest BCUT2D eigenvalue weighted by Crippen LogP contribution is -2.31. The minimum Gasteiger partial charge on any atom is -0.506 e. The molecule has 0 atom stereocenters. The second kappa shape index (κ2) is 10.3. The molecule has 2 aromatic carbocycles. The number of nitrogens with two attached hydrogens (primary N) is 1. The maximum Gasteiger partial charge on any atom is 0.423 e. The van der Waals surface area contributed by atoms with E-state index in [1.807, 2.05) is 0 Å². The molecule has 0 bridgehead atoms. The van der Waals surface area contributed by atoms with E-state index in [4.69, 9.17) is 15.2 Å². The van der Waals surface area contributed by atoms with Gasteiger partial charge in [-0.2, -0.15) is 13.2 Å².